The van der Waals surface area contributed by atoms with Crippen molar-refractivity contribution in [2.24, 2.45) is 0 Å². The van der Waals surface area contributed by atoms with E-state index in [0.717, 1.165) is 17.1 Å². The molecule has 0 bridgehead atoms. The summed E-state index contributed by atoms with van der Waals surface area (Å²) in [6.07, 6.45) is 0. The highest BCUT2D eigenvalue weighted by Crippen LogP contribution is 2.41. The number of hydrogen-bond acceptors (Lipinski definition) is 1. The van der Waals surface area contributed by atoms with Gasteiger partial charge in [0.1, 0.15) is 0 Å². The van der Waals surface area contributed by atoms with Crippen molar-refractivity contribution in [3.63, 3.8) is 0 Å². The molecule has 0 unspecified atom stereocenters. The summed E-state index contributed by atoms with van der Waals surface area (Å²) < 4.78 is 0. The molecule has 0 aliphatic rings. The molecule has 59 heavy (non-hydrogen) atoms. The van der Waals surface area contributed by atoms with Gasteiger partial charge in [0.05, 0.1) is 0 Å². The molecule has 0 heterocycles. The number of benzene rings is 10. The standard InChI is InChI=1S/C58H41N/c1-4-13-42(14-5-1)44-23-25-45(26-24-44)47-29-36-53(37-30-47)59(52-34-27-46(28-35-52)43-15-6-2-7-16-43)54-38-31-48(32-39-54)51-33-40-57(58(41-51)50-17-8-3-9-18-50)56-22-12-20-49-19-10-11-21-55(49)56/h1-41H. The topological polar surface area (TPSA) is 3.24 Å². The van der Waals surface area contributed by atoms with Gasteiger partial charge in [-0.3, -0.25) is 0 Å². The summed E-state index contributed by atoms with van der Waals surface area (Å²) in [5, 5.41) is 2.50. The third-order valence-electron chi connectivity index (χ3n) is 11.3. The van der Waals surface area contributed by atoms with E-state index in [0.29, 0.717) is 0 Å². The molecule has 0 aliphatic heterocycles. The maximum absolute atomic E-state index is 2.35. The van der Waals surface area contributed by atoms with Crippen LogP contribution in [-0.4, -0.2) is 0 Å². The average molecular weight is 752 g/mol. The van der Waals surface area contributed by atoms with Crippen molar-refractivity contribution in [2.45, 2.75) is 0 Å². The van der Waals surface area contributed by atoms with Crippen molar-refractivity contribution >= 4 is 27.8 Å². The molecule has 278 valence electrons. The Hall–Kier alpha value is -7.74. The van der Waals surface area contributed by atoms with Gasteiger partial charge < -0.3 is 4.90 Å². The van der Waals surface area contributed by atoms with Crippen LogP contribution in [0.2, 0.25) is 0 Å². The lowest BCUT2D eigenvalue weighted by Crippen LogP contribution is -2.09. The maximum Gasteiger partial charge on any atom is 0.0462 e. The van der Waals surface area contributed by atoms with Gasteiger partial charge in [0.2, 0.25) is 0 Å². The van der Waals surface area contributed by atoms with Gasteiger partial charge in [-0.2, -0.15) is 0 Å². The highest BCUT2D eigenvalue weighted by atomic mass is 15.1. The number of hydrogen-bond donors (Lipinski definition) is 0. The molecule has 0 saturated heterocycles. The van der Waals surface area contributed by atoms with Gasteiger partial charge in [0.25, 0.3) is 0 Å². The molecule has 0 amide bonds. The highest BCUT2D eigenvalue weighted by Gasteiger charge is 2.16. The lowest BCUT2D eigenvalue weighted by molar-refractivity contribution is 1.28. The SMILES string of the molecule is c1ccc(-c2ccc(-c3ccc(N(c4ccc(-c5ccccc5)cc4)c4ccc(-c5ccc(-c6cccc7ccccc67)c(-c6ccccc6)c5)cc4)cc3)cc2)cc1. The zero-order valence-electron chi connectivity index (χ0n) is 32.6. The number of nitrogens with zero attached hydrogens (tertiary/aromatic N) is 1. The molecule has 10 rings (SSSR count). The fourth-order valence-corrected chi connectivity index (χ4v) is 8.25. The van der Waals surface area contributed by atoms with Gasteiger partial charge in [0, 0.05) is 17.1 Å². The van der Waals surface area contributed by atoms with Crippen LogP contribution < -0.4 is 4.90 Å². The van der Waals surface area contributed by atoms with E-state index >= 15 is 0 Å². The number of fused-ring (bicyclic) bond motifs is 1. The Bertz CT molecular complexity index is 2970. The van der Waals surface area contributed by atoms with E-state index in [9.17, 15) is 0 Å². The molecule has 1 nitrogen and oxygen atoms in total. The molecule has 10 aromatic carbocycles. The zero-order valence-corrected chi connectivity index (χ0v) is 32.6. The number of anilines is 3. The van der Waals surface area contributed by atoms with Gasteiger partial charge in [-0.05, 0) is 120 Å². The first kappa shape index (κ1) is 35.7. The van der Waals surface area contributed by atoms with Crippen molar-refractivity contribution in [3.8, 4) is 66.8 Å². The first-order chi connectivity index (χ1) is 29.2. The normalized spacial score (nSPS) is 11.1. The van der Waals surface area contributed by atoms with Crippen molar-refractivity contribution in [1.29, 1.82) is 0 Å². The van der Waals surface area contributed by atoms with Crippen LogP contribution in [0.3, 0.4) is 0 Å². The molecule has 0 aliphatic carbocycles. The van der Waals surface area contributed by atoms with Crippen LogP contribution in [0.25, 0.3) is 77.5 Å². The van der Waals surface area contributed by atoms with Crippen LogP contribution in [-0.2, 0) is 0 Å². The summed E-state index contributed by atoms with van der Waals surface area (Å²) in [5.74, 6) is 0. The Morgan fingerprint density at radius 3 is 1.05 bits per heavy atom. The lowest BCUT2D eigenvalue weighted by atomic mass is 9.89. The van der Waals surface area contributed by atoms with Gasteiger partial charge in [-0.25, -0.2) is 0 Å². The first-order valence-corrected chi connectivity index (χ1v) is 20.2. The summed E-state index contributed by atoms with van der Waals surface area (Å²) >= 11 is 0. The van der Waals surface area contributed by atoms with Crippen molar-refractivity contribution in [2.75, 3.05) is 4.90 Å². The van der Waals surface area contributed by atoms with Gasteiger partial charge in [0.15, 0.2) is 0 Å². The average Bonchev–Trinajstić information content (AvgIpc) is 3.33. The molecule has 0 saturated carbocycles. The third-order valence-corrected chi connectivity index (χ3v) is 11.3. The minimum Gasteiger partial charge on any atom is -0.311 e. The fourth-order valence-electron chi connectivity index (χ4n) is 8.25. The largest absolute Gasteiger partial charge is 0.311 e. The van der Waals surface area contributed by atoms with Gasteiger partial charge in [-0.1, -0.05) is 206 Å². The van der Waals surface area contributed by atoms with Crippen molar-refractivity contribution in [1.82, 2.24) is 0 Å². The van der Waals surface area contributed by atoms with Crippen LogP contribution in [0.1, 0.15) is 0 Å². The smallest absolute Gasteiger partial charge is 0.0462 e. The van der Waals surface area contributed by atoms with E-state index in [1.807, 2.05) is 0 Å². The highest BCUT2D eigenvalue weighted by molar-refractivity contribution is 6.01. The van der Waals surface area contributed by atoms with E-state index in [4.69, 9.17) is 0 Å². The Labute approximate surface area is 346 Å². The van der Waals surface area contributed by atoms with Crippen LogP contribution in [0.5, 0.6) is 0 Å². The summed E-state index contributed by atoms with van der Waals surface area (Å²) in [6.45, 7) is 0. The Kier molecular flexibility index (Phi) is 9.68. The molecule has 0 radical (unpaired) electrons. The minimum absolute atomic E-state index is 1.09. The first-order valence-electron chi connectivity index (χ1n) is 20.2. The van der Waals surface area contributed by atoms with Crippen LogP contribution in [0.15, 0.2) is 249 Å². The van der Waals surface area contributed by atoms with Crippen molar-refractivity contribution < 1.29 is 0 Å². The molecule has 0 spiro atoms. The monoisotopic (exact) mass is 751 g/mol. The van der Waals surface area contributed by atoms with Crippen LogP contribution in [0.4, 0.5) is 17.1 Å². The second-order valence-corrected chi connectivity index (χ2v) is 14.9. The lowest BCUT2D eigenvalue weighted by Gasteiger charge is -2.26. The number of rotatable bonds is 9. The Morgan fingerprint density at radius 1 is 0.203 bits per heavy atom. The molecule has 0 atom stereocenters. The summed E-state index contributed by atoms with van der Waals surface area (Å²) in [6, 6.07) is 89.7. The Balaban J connectivity index is 1.01. The van der Waals surface area contributed by atoms with E-state index in [1.165, 1.54) is 77.5 Å². The summed E-state index contributed by atoms with van der Waals surface area (Å²) in [5.41, 5.74) is 17.8. The van der Waals surface area contributed by atoms with Crippen molar-refractivity contribution in [3.05, 3.63) is 249 Å². The maximum atomic E-state index is 2.35. The zero-order chi connectivity index (χ0) is 39.4. The van der Waals surface area contributed by atoms with Crippen LogP contribution >= 0.6 is 0 Å². The molecule has 1 heteroatoms. The van der Waals surface area contributed by atoms with E-state index in [1.54, 1.807) is 0 Å². The van der Waals surface area contributed by atoms with E-state index in [2.05, 4.69) is 254 Å². The predicted molar refractivity (Wildman–Crippen MR) is 251 cm³/mol. The molecule has 10 aromatic rings. The second-order valence-electron chi connectivity index (χ2n) is 14.9. The molecular formula is C58H41N. The third kappa shape index (κ3) is 7.34. The van der Waals surface area contributed by atoms with Gasteiger partial charge >= 0.3 is 0 Å². The molecular weight excluding hydrogens is 711 g/mol. The van der Waals surface area contributed by atoms with E-state index in [-0.39, 0.29) is 0 Å². The minimum atomic E-state index is 1.09. The summed E-state index contributed by atoms with van der Waals surface area (Å²) in [4.78, 5) is 2.35. The summed E-state index contributed by atoms with van der Waals surface area (Å²) in [7, 11) is 0. The quantitative estimate of drug-likeness (QED) is 0.142. The van der Waals surface area contributed by atoms with E-state index < -0.39 is 0 Å². The second kappa shape index (κ2) is 16.0. The Morgan fingerprint density at radius 2 is 0.559 bits per heavy atom. The van der Waals surface area contributed by atoms with Crippen LogP contribution in [0, 0.1) is 0 Å². The molecule has 0 aromatic heterocycles. The molecule has 0 N–H and O–H groups in total. The fraction of sp³-hybridized carbons (Fsp3) is 0. The molecule has 0 fully saturated rings. The van der Waals surface area contributed by atoms with Gasteiger partial charge in [-0.15, -0.1) is 0 Å². The predicted octanol–water partition coefficient (Wildman–Crippen LogP) is 16.3.